The molecule has 1 aromatic carbocycles. The van der Waals surface area contributed by atoms with Gasteiger partial charge >= 0.3 is 0 Å². The Balaban J connectivity index is 2.24. The molecule has 0 aliphatic heterocycles. The van der Waals surface area contributed by atoms with Crippen molar-refractivity contribution < 1.29 is 13.9 Å². The number of aliphatic hydroxyl groups is 1. The van der Waals surface area contributed by atoms with Crippen LogP contribution in [0.3, 0.4) is 0 Å². The third-order valence-electron chi connectivity index (χ3n) is 4.15. The van der Waals surface area contributed by atoms with Gasteiger partial charge in [-0.15, -0.1) is 0 Å². The normalized spacial score (nSPS) is 29.0. The molecule has 0 heterocycles. The molecule has 0 radical (unpaired) electrons. The Bertz CT molecular complexity index is 399. The van der Waals surface area contributed by atoms with E-state index in [4.69, 9.17) is 0 Å². The van der Waals surface area contributed by atoms with Crippen LogP contribution in [-0.2, 0) is 5.60 Å². The lowest BCUT2D eigenvalue weighted by Crippen LogP contribution is -2.25. The van der Waals surface area contributed by atoms with E-state index >= 15 is 0 Å². The van der Waals surface area contributed by atoms with Crippen molar-refractivity contribution >= 4 is 0 Å². The summed E-state index contributed by atoms with van der Waals surface area (Å²) >= 11 is 0. The molecule has 2 rings (SSSR count). The molecule has 18 heavy (non-hydrogen) atoms. The van der Waals surface area contributed by atoms with Crippen molar-refractivity contribution in [3.8, 4) is 0 Å². The predicted octanol–water partition coefficient (Wildman–Crippen LogP) is 4.14. The Hall–Kier alpha value is -0.960. The first-order valence-corrected chi connectivity index (χ1v) is 6.72. The molecule has 0 saturated heterocycles. The van der Waals surface area contributed by atoms with Gasteiger partial charge in [-0.05, 0) is 49.3 Å². The van der Waals surface area contributed by atoms with Gasteiger partial charge in [-0.2, -0.15) is 0 Å². The summed E-state index contributed by atoms with van der Waals surface area (Å²) in [5.41, 5.74) is -0.677. The van der Waals surface area contributed by atoms with Crippen LogP contribution >= 0.6 is 0 Å². The maximum absolute atomic E-state index is 13.2. The fraction of sp³-hybridized carbons (Fsp3) is 0.600. The van der Waals surface area contributed by atoms with Gasteiger partial charge in [0.25, 0.3) is 0 Å². The highest BCUT2D eigenvalue weighted by molar-refractivity contribution is 5.24. The average molecular weight is 254 g/mol. The van der Waals surface area contributed by atoms with Crippen molar-refractivity contribution in [1.29, 1.82) is 0 Å². The van der Waals surface area contributed by atoms with Crippen molar-refractivity contribution in [3.63, 3.8) is 0 Å². The van der Waals surface area contributed by atoms with E-state index in [9.17, 15) is 13.9 Å². The maximum Gasteiger partial charge on any atom is 0.126 e. The highest BCUT2D eigenvalue weighted by Gasteiger charge is 2.32. The van der Waals surface area contributed by atoms with Crippen molar-refractivity contribution in [2.24, 2.45) is 5.92 Å². The van der Waals surface area contributed by atoms with Crippen LogP contribution in [0.2, 0.25) is 0 Å². The molecule has 2 atom stereocenters. The molecule has 1 nitrogen and oxygen atoms in total. The van der Waals surface area contributed by atoms with Crippen LogP contribution in [0.4, 0.5) is 8.78 Å². The SMILES string of the molecule is CCC1CCCC(O)(c2cc(F)cc(F)c2)CC1. The molecule has 100 valence electrons. The first-order valence-electron chi connectivity index (χ1n) is 6.72. The first kappa shape index (κ1) is 13.5. The van der Waals surface area contributed by atoms with Gasteiger partial charge in [-0.3, -0.25) is 0 Å². The zero-order valence-electron chi connectivity index (χ0n) is 10.8. The Morgan fingerprint density at radius 1 is 1.17 bits per heavy atom. The minimum absolute atomic E-state index is 0.386. The van der Waals surface area contributed by atoms with E-state index in [0.29, 0.717) is 24.3 Å². The predicted molar refractivity (Wildman–Crippen MR) is 67.1 cm³/mol. The molecule has 0 spiro atoms. The van der Waals surface area contributed by atoms with Gasteiger partial charge in [-0.25, -0.2) is 8.78 Å². The lowest BCUT2D eigenvalue weighted by Gasteiger charge is -2.27. The number of halogens is 2. The van der Waals surface area contributed by atoms with Gasteiger partial charge in [-0.1, -0.05) is 19.8 Å². The van der Waals surface area contributed by atoms with Crippen molar-refractivity contribution in [2.45, 2.75) is 51.0 Å². The first-order chi connectivity index (χ1) is 8.53. The van der Waals surface area contributed by atoms with Gasteiger partial charge in [0, 0.05) is 6.07 Å². The maximum atomic E-state index is 13.2. The molecular formula is C15H20F2O. The molecule has 1 aliphatic rings. The summed E-state index contributed by atoms with van der Waals surface area (Å²) in [6, 6.07) is 3.36. The van der Waals surface area contributed by atoms with Gasteiger partial charge in [0.1, 0.15) is 11.6 Å². The molecular weight excluding hydrogens is 234 g/mol. The largest absolute Gasteiger partial charge is 0.385 e. The van der Waals surface area contributed by atoms with Gasteiger partial charge in [0.05, 0.1) is 5.60 Å². The molecule has 1 aromatic rings. The van der Waals surface area contributed by atoms with E-state index < -0.39 is 17.2 Å². The number of benzene rings is 1. The summed E-state index contributed by atoms with van der Waals surface area (Å²) in [5, 5.41) is 10.7. The molecule has 1 saturated carbocycles. The lowest BCUT2D eigenvalue weighted by atomic mass is 9.86. The zero-order valence-corrected chi connectivity index (χ0v) is 10.8. The second-order valence-corrected chi connectivity index (χ2v) is 5.39. The van der Waals surface area contributed by atoms with Crippen LogP contribution in [-0.4, -0.2) is 5.11 Å². The molecule has 1 fully saturated rings. The molecule has 3 heteroatoms. The van der Waals surface area contributed by atoms with Crippen molar-refractivity contribution in [3.05, 3.63) is 35.4 Å². The number of hydrogen-bond acceptors (Lipinski definition) is 1. The van der Waals surface area contributed by atoms with Crippen molar-refractivity contribution in [1.82, 2.24) is 0 Å². The van der Waals surface area contributed by atoms with Gasteiger partial charge in [0.2, 0.25) is 0 Å². The van der Waals surface area contributed by atoms with Gasteiger partial charge in [0.15, 0.2) is 0 Å². The zero-order chi connectivity index (χ0) is 13.2. The minimum atomic E-state index is -1.06. The topological polar surface area (TPSA) is 20.2 Å². The molecule has 0 bridgehead atoms. The Morgan fingerprint density at radius 3 is 2.44 bits per heavy atom. The smallest absolute Gasteiger partial charge is 0.126 e. The third-order valence-corrected chi connectivity index (χ3v) is 4.15. The second-order valence-electron chi connectivity index (χ2n) is 5.39. The van der Waals surface area contributed by atoms with E-state index in [-0.39, 0.29) is 0 Å². The highest BCUT2D eigenvalue weighted by Crippen LogP contribution is 2.39. The fourth-order valence-electron chi connectivity index (χ4n) is 2.91. The molecule has 1 aliphatic carbocycles. The fourth-order valence-corrected chi connectivity index (χ4v) is 2.91. The van der Waals surface area contributed by atoms with E-state index in [0.717, 1.165) is 31.7 Å². The van der Waals surface area contributed by atoms with Gasteiger partial charge < -0.3 is 5.11 Å². The Labute approximate surface area is 107 Å². The summed E-state index contributed by atoms with van der Waals surface area (Å²) < 4.78 is 26.5. The summed E-state index contributed by atoms with van der Waals surface area (Å²) in [7, 11) is 0. The Morgan fingerprint density at radius 2 is 1.83 bits per heavy atom. The summed E-state index contributed by atoms with van der Waals surface area (Å²) in [6.45, 7) is 2.15. The summed E-state index contributed by atoms with van der Waals surface area (Å²) in [4.78, 5) is 0. The minimum Gasteiger partial charge on any atom is -0.385 e. The number of rotatable bonds is 2. The lowest BCUT2D eigenvalue weighted by molar-refractivity contribution is 0.0190. The van der Waals surface area contributed by atoms with Crippen LogP contribution < -0.4 is 0 Å². The van der Waals surface area contributed by atoms with E-state index in [2.05, 4.69) is 6.92 Å². The van der Waals surface area contributed by atoms with Crippen LogP contribution in [0.1, 0.15) is 51.0 Å². The third kappa shape index (κ3) is 2.89. The summed E-state index contributed by atoms with van der Waals surface area (Å²) in [5.74, 6) is -0.609. The van der Waals surface area contributed by atoms with E-state index in [1.54, 1.807) is 0 Å². The highest BCUT2D eigenvalue weighted by atomic mass is 19.1. The molecule has 0 aromatic heterocycles. The van der Waals surface area contributed by atoms with Crippen molar-refractivity contribution in [2.75, 3.05) is 0 Å². The summed E-state index contributed by atoms with van der Waals surface area (Å²) in [6.07, 6.45) is 5.21. The average Bonchev–Trinajstić information content (AvgIpc) is 2.51. The van der Waals surface area contributed by atoms with Crippen LogP contribution in [0.5, 0.6) is 0 Å². The quantitative estimate of drug-likeness (QED) is 0.786. The standard InChI is InChI=1S/C15H20F2O/c1-2-11-4-3-6-15(18,7-5-11)12-8-13(16)10-14(17)9-12/h8-11,18H,2-7H2,1H3. The molecule has 2 unspecified atom stereocenters. The monoisotopic (exact) mass is 254 g/mol. The van der Waals surface area contributed by atoms with Crippen LogP contribution in [0.25, 0.3) is 0 Å². The molecule has 1 N–H and O–H groups in total. The van der Waals surface area contributed by atoms with Crippen LogP contribution in [0.15, 0.2) is 18.2 Å². The second kappa shape index (κ2) is 5.35. The molecule has 0 amide bonds. The number of hydrogen-bond donors (Lipinski definition) is 1. The van der Waals surface area contributed by atoms with E-state index in [1.807, 2.05) is 0 Å². The van der Waals surface area contributed by atoms with Crippen LogP contribution in [0, 0.1) is 17.6 Å². The van der Waals surface area contributed by atoms with E-state index in [1.165, 1.54) is 12.1 Å². The Kier molecular flexibility index (Phi) is 4.00.